The number of ether oxygens (including phenoxy) is 2. The van der Waals surface area contributed by atoms with Gasteiger partial charge in [0.1, 0.15) is 5.75 Å². The van der Waals surface area contributed by atoms with Crippen LogP contribution in [0.2, 0.25) is 0 Å². The molecule has 0 aromatic heterocycles. The van der Waals surface area contributed by atoms with Gasteiger partial charge < -0.3 is 14.8 Å². The van der Waals surface area contributed by atoms with Crippen molar-refractivity contribution in [3.8, 4) is 11.5 Å². The SMILES string of the molecule is COc1ccc(OCCC2CCCNC2)c([N+](=O)[O-])c1. The van der Waals surface area contributed by atoms with Crippen molar-refractivity contribution in [2.45, 2.75) is 19.3 Å². The molecule has 1 N–H and O–H groups in total. The van der Waals surface area contributed by atoms with E-state index in [2.05, 4.69) is 5.32 Å². The molecule has 1 fully saturated rings. The van der Waals surface area contributed by atoms with Gasteiger partial charge in [-0.2, -0.15) is 0 Å². The Hall–Kier alpha value is -1.82. The second-order valence-electron chi connectivity index (χ2n) is 4.94. The van der Waals surface area contributed by atoms with Gasteiger partial charge in [-0.25, -0.2) is 0 Å². The van der Waals surface area contributed by atoms with Crippen LogP contribution in [0.3, 0.4) is 0 Å². The Labute approximate surface area is 118 Å². The van der Waals surface area contributed by atoms with Gasteiger partial charge in [0.25, 0.3) is 0 Å². The van der Waals surface area contributed by atoms with E-state index in [9.17, 15) is 10.1 Å². The normalized spacial score (nSPS) is 18.6. The van der Waals surface area contributed by atoms with Crippen LogP contribution >= 0.6 is 0 Å². The Balaban J connectivity index is 1.92. The minimum atomic E-state index is -0.444. The van der Waals surface area contributed by atoms with E-state index in [1.165, 1.54) is 26.0 Å². The second-order valence-corrected chi connectivity index (χ2v) is 4.94. The fraction of sp³-hybridized carbons (Fsp3) is 0.571. The van der Waals surface area contributed by atoms with Crippen LogP contribution in [0.1, 0.15) is 19.3 Å². The van der Waals surface area contributed by atoms with E-state index in [4.69, 9.17) is 9.47 Å². The molecule has 0 saturated carbocycles. The maximum absolute atomic E-state index is 11.0. The standard InChI is InChI=1S/C14H20N2O4/c1-19-12-4-5-14(13(9-12)16(17)18)20-8-6-11-3-2-7-15-10-11/h4-5,9,11,15H,2-3,6-8,10H2,1H3. The monoisotopic (exact) mass is 280 g/mol. The molecule has 1 aliphatic heterocycles. The molecule has 1 unspecified atom stereocenters. The molecule has 1 aromatic rings. The summed E-state index contributed by atoms with van der Waals surface area (Å²) in [5.41, 5.74) is -0.0499. The summed E-state index contributed by atoms with van der Waals surface area (Å²) in [6.07, 6.45) is 3.30. The van der Waals surface area contributed by atoms with E-state index in [0.29, 0.717) is 24.0 Å². The summed E-state index contributed by atoms with van der Waals surface area (Å²) in [7, 11) is 1.48. The molecular weight excluding hydrogens is 260 g/mol. The van der Waals surface area contributed by atoms with Gasteiger partial charge in [-0.05, 0) is 50.4 Å². The smallest absolute Gasteiger partial charge is 0.314 e. The minimum Gasteiger partial charge on any atom is -0.496 e. The summed E-state index contributed by atoms with van der Waals surface area (Å²) >= 11 is 0. The van der Waals surface area contributed by atoms with Crippen LogP contribution in [-0.2, 0) is 0 Å². The summed E-state index contributed by atoms with van der Waals surface area (Å²) in [5, 5.41) is 14.4. The number of nitro benzene ring substituents is 1. The molecular formula is C14H20N2O4. The number of hydrogen-bond acceptors (Lipinski definition) is 5. The van der Waals surface area contributed by atoms with Crippen LogP contribution in [0.25, 0.3) is 0 Å². The van der Waals surface area contributed by atoms with Crippen molar-refractivity contribution >= 4 is 5.69 Å². The van der Waals surface area contributed by atoms with E-state index >= 15 is 0 Å². The number of benzene rings is 1. The Morgan fingerprint density at radius 1 is 1.50 bits per heavy atom. The van der Waals surface area contributed by atoms with Gasteiger partial charge in [-0.15, -0.1) is 0 Å². The number of nitrogens with zero attached hydrogens (tertiary/aromatic N) is 1. The molecule has 0 spiro atoms. The largest absolute Gasteiger partial charge is 0.496 e. The first kappa shape index (κ1) is 14.6. The van der Waals surface area contributed by atoms with Gasteiger partial charge in [-0.3, -0.25) is 10.1 Å². The average Bonchev–Trinajstić information content (AvgIpc) is 2.48. The zero-order valence-electron chi connectivity index (χ0n) is 11.6. The third-order valence-electron chi connectivity index (χ3n) is 3.55. The second kappa shape index (κ2) is 7.09. The molecule has 2 rings (SSSR count). The van der Waals surface area contributed by atoms with Gasteiger partial charge >= 0.3 is 5.69 Å². The van der Waals surface area contributed by atoms with E-state index in [1.807, 2.05) is 0 Å². The topological polar surface area (TPSA) is 73.6 Å². The lowest BCUT2D eigenvalue weighted by Crippen LogP contribution is -2.30. The summed E-state index contributed by atoms with van der Waals surface area (Å²) in [6.45, 7) is 2.59. The summed E-state index contributed by atoms with van der Waals surface area (Å²) < 4.78 is 10.6. The third kappa shape index (κ3) is 3.84. The summed E-state index contributed by atoms with van der Waals surface area (Å²) in [4.78, 5) is 10.6. The van der Waals surface area contributed by atoms with E-state index in [-0.39, 0.29) is 5.69 Å². The molecule has 110 valence electrons. The van der Waals surface area contributed by atoms with Crippen LogP contribution in [0, 0.1) is 16.0 Å². The van der Waals surface area contributed by atoms with Gasteiger partial charge in [0.05, 0.1) is 24.7 Å². The fourth-order valence-electron chi connectivity index (χ4n) is 2.39. The zero-order valence-corrected chi connectivity index (χ0v) is 11.6. The van der Waals surface area contributed by atoms with Crippen molar-refractivity contribution < 1.29 is 14.4 Å². The average molecular weight is 280 g/mol. The van der Waals surface area contributed by atoms with Gasteiger partial charge in [0.2, 0.25) is 0 Å². The molecule has 6 heteroatoms. The highest BCUT2D eigenvalue weighted by Crippen LogP contribution is 2.31. The van der Waals surface area contributed by atoms with Crippen LogP contribution in [-0.4, -0.2) is 31.7 Å². The van der Waals surface area contributed by atoms with Crippen molar-refractivity contribution in [1.29, 1.82) is 0 Å². The number of rotatable bonds is 6. The molecule has 0 amide bonds. The molecule has 20 heavy (non-hydrogen) atoms. The quantitative estimate of drug-likeness (QED) is 0.639. The first-order valence-electron chi connectivity index (χ1n) is 6.86. The van der Waals surface area contributed by atoms with E-state index < -0.39 is 4.92 Å². The van der Waals surface area contributed by atoms with E-state index in [0.717, 1.165) is 19.5 Å². The first-order valence-corrected chi connectivity index (χ1v) is 6.86. The summed E-state index contributed by atoms with van der Waals surface area (Å²) in [6, 6.07) is 4.65. The predicted molar refractivity (Wildman–Crippen MR) is 75.4 cm³/mol. The van der Waals surface area contributed by atoms with Crippen molar-refractivity contribution in [3.63, 3.8) is 0 Å². The van der Waals surface area contributed by atoms with Crippen molar-refractivity contribution in [2.75, 3.05) is 26.8 Å². The molecule has 0 radical (unpaired) electrons. The highest BCUT2D eigenvalue weighted by atomic mass is 16.6. The molecule has 1 heterocycles. The Bertz CT molecular complexity index is 458. The van der Waals surface area contributed by atoms with Crippen molar-refractivity contribution in [3.05, 3.63) is 28.3 Å². The molecule has 6 nitrogen and oxygen atoms in total. The molecule has 1 aromatic carbocycles. The molecule has 0 bridgehead atoms. The Morgan fingerprint density at radius 3 is 3.00 bits per heavy atom. The molecule has 0 aliphatic carbocycles. The minimum absolute atomic E-state index is 0.0499. The van der Waals surface area contributed by atoms with E-state index in [1.54, 1.807) is 12.1 Å². The van der Waals surface area contributed by atoms with Crippen LogP contribution < -0.4 is 14.8 Å². The summed E-state index contributed by atoms with van der Waals surface area (Å²) in [5.74, 6) is 1.36. The molecule has 1 atom stereocenters. The van der Waals surface area contributed by atoms with Gasteiger partial charge in [0, 0.05) is 0 Å². The predicted octanol–water partition coefficient (Wildman–Crippen LogP) is 2.37. The number of nitrogens with one attached hydrogen (secondary N) is 1. The lowest BCUT2D eigenvalue weighted by molar-refractivity contribution is -0.385. The highest BCUT2D eigenvalue weighted by Gasteiger charge is 2.18. The van der Waals surface area contributed by atoms with Crippen molar-refractivity contribution in [1.82, 2.24) is 5.32 Å². The van der Waals surface area contributed by atoms with Crippen molar-refractivity contribution in [2.24, 2.45) is 5.92 Å². The van der Waals surface area contributed by atoms with Gasteiger partial charge in [-0.1, -0.05) is 0 Å². The van der Waals surface area contributed by atoms with Crippen LogP contribution in [0.5, 0.6) is 11.5 Å². The maximum atomic E-state index is 11.0. The lowest BCUT2D eigenvalue weighted by atomic mass is 9.97. The molecule has 1 saturated heterocycles. The first-order chi connectivity index (χ1) is 9.70. The van der Waals surface area contributed by atoms with Gasteiger partial charge in [0.15, 0.2) is 5.75 Å². The van der Waals surface area contributed by atoms with Crippen LogP contribution in [0.4, 0.5) is 5.69 Å². The third-order valence-corrected chi connectivity index (χ3v) is 3.55. The number of nitro groups is 1. The Kier molecular flexibility index (Phi) is 5.17. The number of methoxy groups -OCH3 is 1. The number of piperidine rings is 1. The van der Waals surface area contributed by atoms with Crippen LogP contribution in [0.15, 0.2) is 18.2 Å². The highest BCUT2D eigenvalue weighted by molar-refractivity contribution is 5.50. The zero-order chi connectivity index (χ0) is 14.4. The maximum Gasteiger partial charge on any atom is 0.314 e. The lowest BCUT2D eigenvalue weighted by Gasteiger charge is -2.22. The fourth-order valence-corrected chi connectivity index (χ4v) is 2.39. The number of hydrogen-bond donors (Lipinski definition) is 1. The Morgan fingerprint density at radius 2 is 2.35 bits per heavy atom. The molecule has 1 aliphatic rings.